The van der Waals surface area contributed by atoms with E-state index in [4.69, 9.17) is 47.4 Å². The van der Waals surface area contributed by atoms with Gasteiger partial charge in [0.1, 0.15) is 116 Å². The molecule has 82 heavy (non-hydrogen) atoms. The van der Waals surface area contributed by atoms with Crippen molar-refractivity contribution in [1.29, 1.82) is 0 Å². The average Bonchev–Trinajstić information content (AvgIpc) is 3.33. The molecule has 0 bridgehead atoms. The van der Waals surface area contributed by atoms with Gasteiger partial charge in [-0.25, -0.2) is 13.8 Å². The second-order valence-corrected chi connectivity index (χ2v) is 22.6. The zero-order chi connectivity index (χ0) is 60.1. The van der Waals surface area contributed by atoms with Crippen LogP contribution in [-0.4, -0.2) is 324 Å². The molecule has 0 aromatic heterocycles. The predicted octanol–water partition coefficient (Wildman–Crippen LogP) is -11.0. The molecule has 28 atom stereocenters. The number of carboxylic acid groups (broad SMARTS) is 1. The summed E-state index contributed by atoms with van der Waals surface area (Å²) in [5.74, 6) is -2.34. The van der Waals surface area contributed by atoms with E-state index in [9.17, 15) is 104 Å². The second-order valence-electron chi connectivity index (χ2n) is 20.3. The van der Waals surface area contributed by atoms with E-state index in [1.807, 2.05) is 0 Å². The first-order chi connectivity index (χ1) is 38.8. The number of thioether (sulfide) groups is 1. The Hall–Kier alpha value is -3.02. The topological polar surface area (TPSA) is 556 Å². The number of ether oxygens (including phenoxy) is 10. The van der Waals surface area contributed by atoms with Crippen molar-refractivity contribution in [3.05, 3.63) is 0 Å². The Balaban J connectivity index is 0.965. The molecule has 7 saturated heterocycles. The highest BCUT2D eigenvalue weighted by atomic mass is 32.3. The van der Waals surface area contributed by atoms with Crippen LogP contribution in [0.3, 0.4) is 0 Å². The molecule has 0 aromatic carbocycles. The first kappa shape index (κ1) is 66.5. The highest BCUT2D eigenvalue weighted by molar-refractivity contribution is 8.00. The Morgan fingerprint density at radius 3 is 1.68 bits per heavy atom. The summed E-state index contributed by atoms with van der Waals surface area (Å²) in [5.41, 5.74) is 0. The third-order valence-electron chi connectivity index (χ3n) is 14.7. The number of fused-ring (bicyclic) bond motifs is 1. The maximum atomic E-state index is 12.6. The van der Waals surface area contributed by atoms with E-state index in [-0.39, 0.29) is 48.8 Å². The van der Waals surface area contributed by atoms with E-state index in [1.165, 1.54) is 0 Å². The van der Waals surface area contributed by atoms with Crippen LogP contribution in [0.25, 0.3) is 0 Å². The summed E-state index contributed by atoms with van der Waals surface area (Å²) >= 11 is 1.76. The largest absolute Gasteiger partial charge is 0.479 e. The minimum absolute atomic E-state index is 0.0408. The van der Waals surface area contributed by atoms with Crippen molar-refractivity contribution in [3.8, 4) is 0 Å². The van der Waals surface area contributed by atoms with Crippen LogP contribution in [0.15, 0.2) is 0 Å². The molecule has 19 N–H and O–H groups in total. The van der Waals surface area contributed by atoms with E-state index in [2.05, 4.69) is 25.5 Å². The van der Waals surface area contributed by atoms with Gasteiger partial charge < -0.3 is 140 Å². The summed E-state index contributed by atoms with van der Waals surface area (Å²) in [4.78, 5) is 48.7. The first-order valence-corrected chi connectivity index (χ1v) is 28.4. The molecule has 7 aliphatic heterocycles. The average molecular weight is 1230 g/mol. The van der Waals surface area contributed by atoms with Gasteiger partial charge in [-0.3, -0.25) is 14.1 Å². The third-order valence-corrected chi connectivity index (χ3v) is 16.6. The zero-order valence-electron chi connectivity index (χ0n) is 43.4. The monoisotopic (exact) mass is 1230 g/mol. The number of unbranched alkanes of at least 4 members (excludes halogenated alkanes) is 1. The van der Waals surface area contributed by atoms with Crippen LogP contribution < -0.4 is 21.3 Å². The molecule has 7 fully saturated rings. The molecule has 38 heteroatoms. The van der Waals surface area contributed by atoms with Crippen LogP contribution in [-0.2, 0) is 76.3 Å². The van der Waals surface area contributed by atoms with E-state index in [0.717, 1.165) is 25.5 Å². The number of carbonyl (C=O) groups is 4. The molecule has 7 rings (SSSR count). The lowest BCUT2D eigenvalue weighted by atomic mass is 9.94. The van der Waals surface area contributed by atoms with Crippen LogP contribution in [0.5, 0.6) is 0 Å². The van der Waals surface area contributed by atoms with Crippen molar-refractivity contribution < 1.29 is 155 Å². The van der Waals surface area contributed by atoms with E-state index in [1.54, 1.807) is 11.8 Å². The molecule has 0 radical (unpaired) electrons. The summed E-state index contributed by atoms with van der Waals surface area (Å²) in [6.07, 6.45) is -47.2. The van der Waals surface area contributed by atoms with Crippen molar-refractivity contribution in [2.24, 2.45) is 0 Å². The summed E-state index contributed by atoms with van der Waals surface area (Å²) in [5, 5.41) is 163. The van der Waals surface area contributed by atoms with E-state index >= 15 is 0 Å². The maximum Gasteiger partial charge on any atom is 0.397 e. The predicted molar refractivity (Wildman–Crippen MR) is 260 cm³/mol. The molecular formula is C44H72N4O32S2. The lowest BCUT2D eigenvalue weighted by Crippen LogP contribution is -2.70. The van der Waals surface area contributed by atoms with Crippen LogP contribution in [0.2, 0.25) is 0 Å². The SMILES string of the molecule is CC(=O)NC1C(OC2C(O)C(CO)OC(OC3C(CO)OC(OCCNC(=O)CCCCC4SCC5NC(=O)NC54)C(O)C3O)C2O)OC(CO)C(OC2OC(CO)C(O)C(OC3OC(C(=O)O)C(O)C(OS(=O)(=O)O)C3O)C2O)C1O. The van der Waals surface area contributed by atoms with Crippen molar-refractivity contribution in [1.82, 2.24) is 21.3 Å². The Bertz CT molecular complexity index is 2240. The minimum Gasteiger partial charge on any atom is -0.479 e. The number of rotatable bonds is 25. The van der Waals surface area contributed by atoms with Crippen LogP contribution in [0.4, 0.5) is 4.79 Å². The van der Waals surface area contributed by atoms with Gasteiger partial charge in [0.2, 0.25) is 11.8 Å². The van der Waals surface area contributed by atoms with Gasteiger partial charge in [-0.2, -0.15) is 20.2 Å². The Kier molecular flexibility index (Phi) is 23.6. The van der Waals surface area contributed by atoms with Gasteiger partial charge in [0.05, 0.1) is 45.1 Å². The molecular weight excluding hydrogens is 1160 g/mol. The molecule has 28 unspecified atom stereocenters. The van der Waals surface area contributed by atoms with Crippen LogP contribution >= 0.6 is 11.8 Å². The van der Waals surface area contributed by atoms with Gasteiger partial charge in [-0.05, 0) is 12.8 Å². The molecule has 472 valence electrons. The smallest absolute Gasteiger partial charge is 0.397 e. The molecule has 0 aliphatic carbocycles. The second kappa shape index (κ2) is 29.1. The number of amides is 4. The molecule has 7 heterocycles. The van der Waals surface area contributed by atoms with E-state index < -0.39 is 202 Å². The number of urea groups is 1. The van der Waals surface area contributed by atoms with Crippen LogP contribution in [0, 0.1) is 0 Å². The Morgan fingerprint density at radius 2 is 1.13 bits per heavy atom. The summed E-state index contributed by atoms with van der Waals surface area (Å²) in [6.45, 7) is -3.41. The quantitative estimate of drug-likeness (QED) is 0.0229. The molecule has 4 amide bonds. The molecule has 0 aromatic rings. The number of carbonyl (C=O) groups excluding carboxylic acids is 3. The van der Waals surface area contributed by atoms with E-state index in [0.29, 0.717) is 6.42 Å². The van der Waals surface area contributed by atoms with Gasteiger partial charge in [0, 0.05) is 30.9 Å². The number of aliphatic carboxylic acids is 1. The number of hydrogen-bond acceptors (Lipinski definition) is 31. The zero-order valence-corrected chi connectivity index (χ0v) is 45.0. The highest BCUT2D eigenvalue weighted by Crippen LogP contribution is 2.37. The summed E-state index contributed by atoms with van der Waals surface area (Å²) in [7, 11) is -5.51. The first-order valence-electron chi connectivity index (χ1n) is 26.0. The van der Waals surface area contributed by atoms with Gasteiger partial charge >= 0.3 is 22.4 Å². The molecule has 7 aliphatic rings. The number of aliphatic hydroxyl groups excluding tert-OH is 13. The number of nitrogens with one attached hydrogen (secondary N) is 4. The van der Waals surface area contributed by atoms with Gasteiger partial charge in [0.25, 0.3) is 0 Å². The number of hydrogen-bond donors (Lipinski definition) is 19. The standard InChI is InChI=1S/C44H72N4O32S2/c1-13(53)46-22-25(57)32(75-41-30(62)35(24(56)16(9-50)71-41)78-43-31(63)36(80-82(67,68)69)28(60)37(79-43)38(64)65)17(10-51)73-39(22)77-34-23(55)15(8-49)72-42(29(34)61)76-33-18(11-52)74-40(27(59)26(33)58)70-7-6-45-20(54)5-3-2-4-19-21-14(12-81-19)47-44(66)48-21/h14-19,21-37,39-43,49-52,55-63H,2-12H2,1H3,(H,45,54)(H,46,53)(H,64,65)(H2,47,48,66)(H,67,68,69). The van der Waals surface area contributed by atoms with Crippen molar-refractivity contribution in [3.63, 3.8) is 0 Å². The molecule has 36 nitrogen and oxygen atoms in total. The third kappa shape index (κ3) is 15.6. The van der Waals surface area contributed by atoms with Crippen molar-refractivity contribution >= 4 is 46.0 Å². The fourth-order valence-electron chi connectivity index (χ4n) is 10.5. The normalized spacial score (nSPS) is 44.3. The van der Waals surface area contributed by atoms with Gasteiger partial charge in [-0.15, -0.1) is 0 Å². The Labute approximate surface area is 470 Å². The minimum atomic E-state index is -5.51. The van der Waals surface area contributed by atoms with Crippen molar-refractivity contribution in [2.75, 3.05) is 45.3 Å². The Morgan fingerprint density at radius 1 is 0.622 bits per heavy atom. The van der Waals surface area contributed by atoms with Crippen LogP contribution in [0.1, 0.15) is 32.6 Å². The van der Waals surface area contributed by atoms with Gasteiger partial charge in [0.15, 0.2) is 37.6 Å². The highest BCUT2D eigenvalue weighted by Gasteiger charge is 2.58. The van der Waals surface area contributed by atoms with Gasteiger partial charge in [-0.1, -0.05) is 6.42 Å². The lowest BCUT2D eigenvalue weighted by molar-refractivity contribution is -0.386. The summed E-state index contributed by atoms with van der Waals surface area (Å²) < 4.78 is 92.9. The summed E-state index contributed by atoms with van der Waals surface area (Å²) in [6, 6.07) is -1.90. The molecule has 0 spiro atoms. The number of aliphatic hydroxyl groups is 13. The van der Waals surface area contributed by atoms with Crippen molar-refractivity contribution in [2.45, 2.75) is 203 Å². The number of carboxylic acids is 1. The maximum absolute atomic E-state index is 12.6. The molecule has 0 saturated carbocycles. The fraction of sp³-hybridized carbons (Fsp3) is 0.909. The lowest BCUT2D eigenvalue weighted by Gasteiger charge is -2.50. The fourth-order valence-corrected chi connectivity index (χ4v) is 12.6.